The highest BCUT2D eigenvalue weighted by Crippen LogP contribution is 2.33. The number of ether oxygens (including phenoxy) is 3. The average molecular weight is 610 g/mol. The van der Waals surface area contributed by atoms with E-state index in [1.807, 2.05) is 23.9 Å². The summed E-state index contributed by atoms with van der Waals surface area (Å²) in [7, 11) is 0. The Labute approximate surface area is 254 Å². The van der Waals surface area contributed by atoms with Gasteiger partial charge in [0.25, 0.3) is 0 Å². The van der Waals surface area contributed by atoms with Crippen LogP contribution >= 0.6 is 11.8 Å². The van der Waals surface area contributed by atoms with Crippen molar-refractivity contribution in [2.75, 3.05) is 58.5 Å². The van der Waals surface area contributed by atoms with E-state index in [0.717, 1.165) is 70.3 Å². The van der Waals surface area contributed by atoms with Crippen molar-refractivity contribution in [1.82, 2.24) is 25.8 Å². The predicted molar refractivity (Wildman–Crippen MR) is 165 cm³/mol. The predicted octanol–water partition coefficient (Wildman–Crippen LogP) is 2.84. The Bertz CT molecular complexity index is 890. The molecule has 1 aromatic rings. The molecule has 0 aromatic carbocycles. The Morgan fingerprint density at radius 2 is 1.40 bits per heavy atom. The number of rotatable bonds is 25. The van der Waals surface area contributed by atoms with Crippen LogP contribution in [0.2, 0.25) is 0 Å². The monoisotopic (exact) mass is 609 g/mol. The van der Waals surface area contributed by atoms with Crippen molar-refractivity contribution in [2.45, 2.75) is 88.1 Å². The van der Waals surface area contributed by atoms with Crippen molar-refractivity contribution in [3.8, 4) is 0 Å². The minimum Gasteiger partial charge on any atom is -0.379 e. The summed E-state index contributed by atoms with van der Waals surface area (Å²) in [5, 5.41) is 12.3. The van der Waals surface area contributed by atoms with E-state index in [-0.39, 0.29) is 29.9 Å². The zero-order chi connectivity index (χ0) is 29.7. The van der Waals surface area contributed by atoms with Gasteiger partial charge in [-0.2, -0.15) is 11.8 Å². The molecule has 0 aliphatic carbocycles. The average Bonchev–Trinajstić information content (AvgIpc) is 3.72. The summed E-state index contributed by atoms with van der Waals surface area (Å²) in [4.78, 5) is 35.5. The summed E-state index contributed by atoms with van der Waals surface area (Å²) >= 11 is 1.91. The van der Waals surface area contributed by atoms with E-state index in [0.29, 0.717) is 64.2 Å². The minimum absolute atomic E-state index is 0.0536. The molecule has 0 bridgehead atoms. The van der Waals surface area contributed by atoms with Crippen molar-refractivity contribution in [1.29, 1.82) is 0 Å². The molecular formula is C30H51N5O6S. The van der Waals surface area contributed by atoms with Crippen LogP contribution in [0.3, 0.4) is 0 Å². The second-order valence-corrected chi connectivity index (χ2v) is 12.1. The Hall–Kier alpha value is -2.28. The van der Waals surface area contributed by atoms with Gasteiger partial charge in [0.2, 0.25) is 11.8 Å². The van der Waals surface area contributed by atoms with Gasteiger partial charge in [0.1, 0.15) is 0 Å². The molecule has 0 saturated carbocycles. The normalized spacial score (nSPS) is 19.3. The summed E-state index contributed by atoms with van der Waals surface area (Å²) in [6, 6.07) is 4.48. The molecule has 0 unspecified atom stereocenters. The number of fused-ring (bicyclic) bond motifs is 1. The Balaban J connectivity index is 0.985. The minimum atomic E-state index is -0.0536. The van der Waals surface area contributed by atoms with E-state index in [1.165, 1.54) is 0 Å². The van der Waals surface area contributed by atoms with Crippen molar-refractivity contribution in [3.05, 3.63) is 24.5 Å². The van der Waals surface area contributed by atoms with E-state index >= 15 is 0 Å². The largest absolute Gasteiger partial charge is 0.379 e. The van der Waals surface area contributed by atoms with Crippen LogP contribution in [-0.2, 0) is 30.3 Å². The second-order valence-electron chi connectivity index (χ2n) is 10.8. The van der Waals surface area contributed by atoms with Crippen LogP contribution in [0, 0.1) is 0 Å². The zero-order valence-corrected chi connectivity index (χ0v) is 25.8. The fraction of sp³-hybridized carbons (Fsp3) is 0.767. The van der Waals surface area contributed by atoms with E-state index in [2.05, 4.69) is 38.2 Å². The van der Waals surface area contributed by atoms with Crippen molar-refractivity contribution in [3.63, 3.8) is 0 Å². The lowest BCUT2D eigenvalue weighted by atomic mass is 10.0. The van der Waals surface area contributed by atoms with Gasteiger partial charge in [-0.1, -0.05) is 12.8 Å². The Morgan fingerprint density at radius 3 is 2.12 bits per heavy atom. The Kier molecular flexibility index (Phi) is 17.4. The lowest BCUT2D eigenvalue weighted by molar-refractivity contribution is -0.122. The molecular weight excluding hydrogens is 558 g/mol. The maximum absolute atomic E-state index is 12.1. The number of urea groups is 1. The molecule has 2 aliphatic rings. The van der Waals surface area contributed by atoms with E-state index in [9.17, 15) is 14.4 Å². The Morgan fingerprint density at radius 1 is 0.786 bits per heavy atom. The first-order valence-corrected chi connectivity index (χ1v) is 16.7. The SMILES string of the molecule is O=C(CCCC[C@@H]1SC[C@@H]2NC(=O)N[C@@H]21)NCCCCCC(=O)NCCCOCCOCCOCCCn1cccc1. The highest BCUT2D eigenvalue weighted by molar-refractivity contribution is 8.00. The zero-order valence-electron chi connectivity index (χ0n) is 25.0. The number of hydrogen-bond acceptors (Lipinski definition) is 7. The van der Waals surface area contributed by atoms with Crippen LogP contribution in [0.1, 0.15) is 64.2 Å². The van der Waals surface area contributed by atoms with Crippen LogP contribution in [-0.4, -0.2) is 98.2 Å². The van der Waals surface area contributed by atoms with Crippen molar-refractivity contribution < 1.29 is 28.6 Å². The van der Waals surface area contributed by atoms with Gasteiger partial charge in [-0.05, 0) is 50.7 Å². The molecule has 0 radical (unpaired) electrons. The number of nitrogens with zero attached hydrogens (tertiary/aromatic N) is 1. The number of aromatic nitrogens is 1. The third kappa shape index (κ3) is 14.8. The summed E-state index contributed by atoms with van der Waals surface area (Å²) in [6.45, 7) is 5.80. The van der Waals surface area contributed by atoms with Crippen LogP contribution in [0.5, 0.6) is 0 Å². The maximum atomic E-state index is 12.1. The first-order valence-electron chi connectivity index (χ1n) is 15.7. The number of hydrogen-bond donors (Lipinski definition) is 4. The van der Waals surface area contributed by atoms with Gasteiger partial charge in [-0.3, -0.25) is 9.59 Å². The third-order valence-corrected chi connectivity index (χ3v) is 8.89. The van der Waals surface area contributed by atoms with Gasteiger partial charge in [0.05, 0.1) is 38.5 Å². The van der Waals surface area contributed by atoms with Crippen LogP contribution in [0.4, 0.5) is 4.79 Å². The van der Waals surface area contributed by atoms with Gasteiger partial charge in [0, 0.05) is 69.1 Å². The molecule has 2 saturated heterocycles. The van der Waals surface area contributed by atoms with Gasteiger partial charge < -0.3 is 40.0 Å². The lowest BCUT2D eigenvalue weighted by Gasteiger charge is -2.16. The van der Waals surface area contributed by atoms with Gasteiger partial charge in [-0.25, -0.2) is 4.79 Å². The molecule has 42 heavy (non-hydrogen) atoms. The molecule has 12 heteroatoms. The molecule has 238 valence electrons. The van der Waals surface area contributed by atoms with Gasteiger partial charge >= 0.3 is 6.03 Å². The molecule has 4 N–H and O–H groups in total. The summed E-state index contributed by atoms with van der Waals surface area (Å²) in [5.41, 5.74) is 0. The van der Waals surface area contributed by atoms with E-state index < -0.39 is 0 Å². The van der Waals surface area contributed by atoms with Crippen molar-refractivity contribution in [2.24, 2.45) is 0 Å². The quantitative estimate of drug-likeness (QED) is 0.0990. The van der Waals surface area contributed by atoms with Gasteiger partial charge in [0.15, 0.2) is 0 Å². The molecule has 1 aromatic heterocycles. The highest BCUT2D eigenvalue weighted by atomic mass is 32.2. The molecule has 3 atom stereocenters. The number of carbonyl (C=O) groups excluding carboxylic acids is 3. The summed E-state index contributed by atoms with van der Waals surface area (Å²) in [6.07, 6.45) is 12.4. The molecule has 11 nitrogen and oxygen atoms in total. The lowest BCUT2D eigenvalue weighted by Crippen LogP contribution is -2.36. The number of thioether (sulfide) groups is 1. The third-order valence-electron chi connectivity index (χ3n) is 7.39. The number of nitrogens with one attached hydrogen (secondary N) is 4. The van der Waals surface area contributed by atoms with Crippen LogP contribution in [0.25, 0.3) is 0 Å². The summed E-state index contributed by atoms with van der Waals surface area (Å²) < 4.78 is 18.8. The molecule has 0 spiro atoms. The molecule has 2 aliphatic heterocycles. The van der Waals surface area contributed by atoms with Crippen LogP contribution < -0.4 is 21.3 Å². The smallest absolute Gasteiger partial charge is 0.315 e. The van der Waals surface area contributed by atoms with Crippen molar-refractivity contribution >= 4 is 29.6 Å². The first kappa shape index (κ1) is 34.2. The van der Waals surface area contributed by atoms with E-state index in [4.69, 9.17) is 14.2 Å². The second kappa shape index (κ2) is 21.4. The number of aryl methyl sites for hydroxylation is 1. The van der Waals surface area contributed by atoms with E-state index in [1.54, 1.807) is 0 Å². The molecule has 3 heterocycles. The summed E-state index contributed by atoms with van der Waals surface area (Å²) in [5.74, 6) is 1.13. The fourth-order valence-corrected chi connectivity index (χ4v) is 6.62. The number of unbranched alkanes of at least 4 members (excludes halogenated alkanes) is 3. The molecule has 3 rings (SSSR count). The molecule has 2 fully saturated rings. The maximum Gasteiger partial charge on any atom is 0.315 e. The topological polar surface area (TPSA) is 132 Å². The number of carbonyl (C=O) groups is 3. The van der Waals surface area contributed by atoms with Crippen LogP contribution in [0.15, 0.2) is 24.5 Å². The highest BCUT2D eigenvalue weighted by Gasteiger charge is 2.42. The fourth-order valence-electron chi connectivity index (χ4n) is 5.08. The standard InChI is InChI=1S/C30H51N5O6S/c36-27(32-14-8-18-39-20-22-41-23-21-40-19-9-17-35-15-6-7-16-35)11-2-1-5-13-31-28(37)12-4-3-10-26-29-25(24-42-26)33-30(38)34-29/h6-7,15-16,25-26,29H,1-5,8-14,17-24H2,(H,31,37)(H,32,36)(H2,33,34,38)/t25-,26-,29-/m0/s1. The first-order chi connectivity index (χ1) is 20.6. The molecule has 4 amide bonds. The van der Waals surface area contributed by atoms with Gasteiger partial charge in [-0.15, -0.1) is 0 Å². The number of amides is 4.